The molecular formula is C57H85K3N6O23S4. The van der Waals surface area contributed by atoms with Crippen molar-refractivity contribution in [3.8, 4) is 0 Å². The van der Waals surface area contributed by atoms with Gasteiger partial charge in [-0.2, -0.15) is 4.58 Å². The van der Waals surface area contributed by atoms with Crippen LogP contribution in [0.1, 0.15) is 70.4 Å². The molecule has 2 aromatic rings. The van der Waals surface area contributed by atoms with Crippen molar-refractivity contribution >= 4 is 63.5 Å². The van der Waals surface area contributed by atoms with Gasteiger partial charge in [-0.15, -0.1) is 0 Å². The number of fused-ring (bicyclic) bond motifs is 2. The van der Waals surface area contributed by atoms with Crippen LogP contribution in [0.15, 0.2) is 87.4 Å². The van der Waals surface area contributed by atoms with E-state index in [0.717, 1.165) is 12.1 Å². The Morgan fingerprint density at radius 1 is 0.581 bits per heavy atom. The van der Waals surface area contributed by atoms with Crippen molar-refractivity contribution in [3.05, 3.63) is 94.0 Å². The Balaban J connectivity index is 0.0000144. The molecule has 36 heteroatoms. The number of rotatable bonds is 51. The van der Waals surface area contributed by atoms with E-state index in [1.54, 1.807) is 53.7 Å². The van der Waals surface area contributed by atoms with Gasteiger partial charge in [-0.1, -0.05) is 29.8 Å². The number of anilines is 1. The number of unbranched alkanes of at least 4 members (excludes halogenated alkanes) is 1. The predicted octanol–water partition coefficient (Wildman–Crippen LogP) is -5.32. The molecule has 2 aliphatic rings. The van der Waals surface area contributed by atoms with Gasteiger partial charge in [-0.25, -0.2) is 33.7 Å². The molecule has 0 aromatic heterocycles. The smallest absolute Gasteiger partial charge is 0.748 e. The summed E-state index contributed by atoms with van der Waals surface area (Å²) < 4.78 is 199. The summed E-state index contributed by atoms with van der Waals surface area (Å²) in [7, 11) is -18.9. The van der Waals surface area contributed by atoms with Crippen LogP contribution in [0.3, 0.4) is 0 Å². The van der Waals surface area contributed by atoms with Crippen molar-refractivity contribution in [1.29, 1.82) is 0 Å². The van der Waals surface area contributed by atoms with Gasteiger partial charge in [0.1, 0.15) is 26.8 Å². The molecule has 0 bridgehead atoms. The van der Waals surface area contributed by atoms with Crippen LogP contribution in [0.2, 0.25) is 0 Å². The van der Waals surface area contributed by atoms with E-state index in [-0.39, 0.29) is 206 Å². The molecule has 0 saturated carbocycles. The third-order valence-corrected chi connectivity index (χ3v) is 17.3. The summed E-state index contributed by atoms with van der Waals surface area (Å²) in [6, 6.07) is 7.78. The van der Waals surface area contributed by atoms with Crippen molar-refractivity contribution in [1.82, 2.24) is 5.32 Å². The first-order valence-electron chi connectivity index (χ1n) is 29.4. The maximum Gasteiger partial charge on any atom is 1.00 e. The average molecular weight is 1470 g/mol. The standard InChI is InChI=1S/C57H88N6O23S4.3K/c1-56(2)49-45-47(89(71,72)73)14-16-51(49)62(21-9-43-87(65,66)67)53(56)11-5-4-6-12-54-57(3,50-46-48(90(74,75)76)15-17-52(50)63(54)22-10-44-88(68,69)70)18-8-7-13-55(64)59-19-23-77-25-27-79-29-31-81-33-35-83-37-39-85-41-42-86-40-38-84-36-34-82-32-30-80-28-26-78-24-20-60-61-58;;;/h4-6,11-12,14-17,45-46H,7-10,13,18-44H2,1-3H3,(H4-,59,64,65,66,67,68,69,70,71,72,73,74,75,76);;;/q;3*+1/p-3. The maximum absolute atomic E-state index is 12.9. The summed E-state index contributed by atoms with van der Waals surface area (Å²) in [6.45, 7) is 13.9. The molecule has 0 saturated heterocycles. The van der Waals surface area contributed by atoms with Gasteiger partial charge in [-0.05, 0) is 87.5 Å². The monoisotopic (exact) mass is 1470 g/mol. The van der Waals surface area contributed by atoms with Crippen LogP contribution in [0.4, 0.5) is 11.4 Å². The largest absolute Gasteiger partial charge is 1.00 e. The van der Waals surface area contributed by atoms with E-state index in [4.69, 9.17) is 52.9 Å². The van der Waals surface area contributed by atoms with Gasteiger partial charge in [-0.3, -0.25) is 4.79 Å². The van der Waals surface area contributed by atoms with Gasteiger partial charge in [0.25, 0.3) is 0 Å². The van der Waals surface area contributed by atoms with Crippen molar-refractivity contribution in [3.63, 3.8) is 0 Å². The number of benzene rings is 2. The van der Waals surface area contributed by atoms with Gasteiger partial charge in [0, 0.05) is 83.4 Å². The molecule has 0 aliphatic carbocycles. The zero-order chi connectivity index (χ0) is 65.9. The number of amides is 1. The number of azide groups is 1. The quantitative estimate of drug-likeness (QED) is 0.00944. The van der Waals surface area contributed by atoms with E-state index < -0.39 is 72.6 Å². The number of carbonyl (C=O) groups excluding carboxylic acids is 1. The van der Waals surface area contributed by atoms with Crippen molar-refractivity contribution in [2.24, 2.45) is 5.11 Å². The predicted molar refractivity (Wildman–Crippen MR) is 325 cm³/mol. The van der Waals surface area contributed by atoms with E-state index in [0.29, 0.717) is 185 Å². The van der Waals surface area contributed by atoms with Crippen LogP contribution in [0.25, 0.3) is 10.4 Å². The molecule has 2 aromatic carbocycles. The number of hydrogen-bond acceptors (Lipinski definition) is 25. The van der Waals surface area contributed by atoms with E-state index in [1.807, 2.05) is 6.92 Å². The Morgan fingerprint density at radius 2 is 1.02 bits per heavy atom. The van der Waals surface area contributed by atoms with Gasteiger partial charge >= 0.3 is 154 Å². The summed E-state index contributed by atoms with van der Waals surface area (Å²) in [6.07, 6.45) is 9.56. The topological polar surface area (TPSA) is 405 Å². The Bertz CT molecular complexity index is 3210. The average Bonchev–Trinajstić information content (AvgIpc) is 1.60. The fourth-order valence-corrected chi connectivity index (χ4v) is 11.7. The zero-order valence-corrected chi connectivity index (χ0v) is 66.9. The first-order chi connectivity index (χ1) is 42.8. The minimum Gasteiger partial charge on any atom is -0.748 e. The molecule has 93 heavy (non-hydrogen) atoms. The van der Waals surface area contributed by atoms with Crippen molar-refractivity contribution in [2.45, 2.75) is 79.9 Å². The summed E-state index contributed by atoms with van der Waals surface area (Å²) in [5.74, 6) is -1.58. The third kappa shape index (κ3) is 36.0. The Hall–Kier alpha value is 0.0591. The molecule has 0 radical (unpaired) electrons. The van der Waals surface area contributed by atoms with Gasteiger partial charge in [0.15, 0.2) is 5.71 Å². The molecule has 1 unspecified atom stereocenters. The second-order valence-electron chi connectivity index (χ2n) is 21.1. The molecule has 1 atom stereocenters. The Morgan fingerprint density at radius 3 is 1.48 bits per heavy atom. The van der Waals surface area contributed by atoms with Crippen LogP contribution in [-0.4, -0.2) is 238 Å². The van der Waals surface area contributed by atoms with Crippen LogP contribution >= 0.6 is 0 Å². The summed E-state index contributed by atoms with van der Waals surface area (Å²) in [5, 5.41) is 6.20. The van der Waals surface area contributed by atoms with Crippen LogP contribution in [0.5, 0.6) is 0 Å². The number of nitrogens with zero attached hydrogens (tertiary/aromatic N) is 5. The van der Waals surface area contributed by atoms with Crippen LogP contribution in [0, 0.1) is 0 Å². The maximum atomic E-state index is 12.9. The van der Waals surface area contributed by atoms with Gasteiger partial charge in [0.05, 0.1) is 168 Å². The molecule has 0 spiro atoms. The van der Waals surface area contributed by atoms with Gasteiger partial charge < -0.3 is 75.8 Å². The fraction of sp³-hybridized carbons (Fsp3) is 0.649. The SMILES string of the molecule is CC1(C)C(/C=C/C=C/C=C2/N(CCCS(=O)(=O)[O-])c3ccc(S(=O)(=O)[O-])cc3C2(C)CCCCC(=O)NCCOCCOCCOCCOCCOCCOCCOCCOCCOCCOCCN=[N+]=[N-])=[N+](CCCS(=O)(=O)[O-])c2ccc(S(=O)(=O)[O-])cc21.[K+].[K+].[K+]. The first-order valence-corrected chi connectivity index (χ1v) is 35.4. The second kappa shape index (κ2) is 48.8. The van der Waals surface area contributed by atoms with E-state index in [9.17, 15) is 56.7 Å². The number of ether oxygens (including phenoxy) is 10. The molecular weight excluding hydrogens is 1380 g/mol. The number of hydrogen-bond donors (Lipinski definition) is 1. The Labute approximate surface area is 675 Å². The first kappa shape index (κ1) is 91.1. The molecule has 1 amide bonds. The zero-order valence-electron chi connectivity index (χ0n) is 54.2. The van der Waals surface area contributed by atoms with Crippen molar-refractivity contribution in [2.75, 3.05) is 175 Å². The molecule has 29 nitrogen and oxygen atoms in total. The van der Waals surface area contributed by atoms with Gasteiger partial charge in [0.2, 0.25) is 11.6 Å². The van der Waals surface area contributed by atoms with E-state index in [1.165, 1.54) is 24.3 Å². The Kier molecular flexibility index (Phi) is 47.8. The van der Waals surface area contributed by atoms with E-state index in [2.05, 4.69) is 15.3 Å². The molecule has 1 N–H and O–H groups in total. The summed E-state index contributed by atoms with van der Waals surface area (Å²) >= 11 is 0. The summed E-state index contributed by atoms with van der Waals surface area (Å²) in [4.78, 5) is 16.4. The van der Waals surface area contributed by atoms with Crippen LogP contribution < -0.4 is 164 Å². The number of allylic oxidation sites excluding steroid dienone is 6. The number of carbonyl (C=O) groups is 1. The van der Waals surface area contributed by atoms with E-state index >= 15 is 0 Å². The van der Waals surface area contributed by atoms with Crippen LogP contribution in [-0.2, 0) is 103 Å². The summed E-state index contributed by atoms with van der Waals surface area (Å²) in [5.41, 5.74) is 9.33. The molecule has 508 valence electrons. The minimum absolute atomic E-state index is 0. The molecule has 4 rings (SSSR count). The molecule has 0 fully saturated rings. The minimum atomic E-state index is -4.93. The second-order valence-corrected chi connectivity index (χ2v) is 26.9. The normalized spacial score (nSPS) is 15.9. The fourth-order valence-electron chi connectivity index (χ4n) is 9.75. The number of nitrogens with one attached hydrogen (secondary N) is 1. The third-order valence-electron chi connectivity index (χ3n) is 14.1. The molecule has 2 aliphatic heterocycles. The molecule has 2 heterocycles. The van der Waals surface area contributed by atoms with Crippen molar-refractivity contribution < 1.29 is 263 Å².